The first-order valence-corrected chi connectivity index (χ1v) is 10.8. The molecule has 1 N–H and O–H groups in total. The van der Waals surface area contributed by atoms with Gasteiger partial charge in [0.05, 0.1) is 18.3 Å². The van der Waals surface area contributed by atoms with Gasteiger partial charge >= 0.3 is 5.97 Å². The van der Waals surface area contributed by atoms with Crippen molar-refractivity contribution in [1.82, 2.24) is 0 Å². The van der Waals surface area contributed by atoms with Crippen molar-refractivity contribution < 1.29 is 23.7 Å². The lowest BCUT2D eigenvalue weighted by molar-refractivity contribution is -0.248. The minimum atomic E-state index is -2.03. The first-order valence-electron chi connectivity index (χ1n) is 9.63. The fourth-order valence-electron chi connectivity index (χ4n) is 3.05. The minimum absolute atomic E-state index is 0.267. The van der Waals surface area contributed by atoms with Crippen molar-refractivity contribution >= 4 is 46.7 Å². The SMILES string of the molecule is C[C@@H]1OC(OC(=N)C(Cl)(Cl)Cl)[C@@H](OCc2ccccc2)C[C@@H]1OC(=O)c1ccccc1. The summed E-state index contributed by atoms with van der Waals surface area (Å²) in [5.74, 6) is -1.04. The minimum Gasteiger partial charge on any atom is -0.456 e. The van der Waals surface area contributed by atoms with Crippen molar-refractivity contribution in [2.75, 3.05) is 0 Å². The molecule has 0 bridgehead atoms. The van der Waals surface area contributed by atoms with Crippen molar-refractivity contribution in [1.29, 1.82) is 5.41 Å². The molecule has 9 heteroatoms. The van der Waals surface area contributed by atoms with Gasteiger partial charge in [-0.05, 0) is 24.6 Å². The normalized spacial score (nSPS) is 23.7. The Labute approximate surface area is 195 Å². The van der Waals surface area contributed by atoms with Crippen molar-refractivity contribution in [3.63, 3.8) is 0 Å². The highest BCUT2D eigenvalue weighted by molar-refractivity contribution is 6.76. The number of hydrogen-bond acceptors (Lipinski definition) is 6. The van der Waals surface area contributed by atoms with Crippen LogP contribution in [0.1, 0.15) is 29.3 Å². The number of alkyl halides is 3. The zero-order valence-electron chi connectivity index (χ0n) is 16.7. The molecule has 3 rings (SSSR count). The van der Waals surface area contributed by atoms with Crippen molar-refractivity contribution in [2.24, 2.45) is 0 Å². The van der Waals surface area contributed by atoms with Crippen LogP contribution in [0.5, 0.6) is 0 Å². The van der Waals surface area contributed by atoms with E-state index in [9.17, 15) is 4.79 Å². The Morgan fingerprint density at radius 2 is 1.65 bits per heavy atom. The van der Waals surface area contributed by atoms with Gasteiger partial charge in [0, 0.05) is 6.42 Å². The molecule has 0 radical (unpaired) electrons. The maximum absolute atomic E-state index is 12.5. The third-order valence-corrected chi connectivity index (χ3v) is 5.22. The highest BCUT2D eigenvalue weighted by Crippen LogP contribution is 2.32. The number of esters is 1. The van der Waals surface area contributed by atoms with Crippen LogP contribution in [0.3, 0.4) is 0 Å². The van der Waals surface area contributed by atoms with Gasteiger partial charge in [0.2, 0.25) is 12.2 Å². The second-order valence-electron chi connectivity index (χ2n) is 7.03. The molecular weight excluding hydrogens is 465 g/mol. The molecule has 1 saturated heterocycles. The van der Waals surface area contributed by atoms with Gasteiger partial charge in [-0.15, -0.1) is 0 Å². The van der Waals surface area contributed by atoms with Gasteiger partial charge < -0.3 is 18.9 Å². The summed E-state index contributed by atoms with van der Waals surface area (Å²) in [7, 11) is 0. The zero-order valence-corrected chi connectivity index (χ0v) is 18.9. The van der Waals surface area contributed by atoms with Crippen molar-refractivity contribution in [2.45, 2.75) is 48.3 Å². The molecule has 166 valence electrons. The molecule has 1 aliphatic heterocycles. The topological polar surface area (TPSA) is 77.8 Å². The average molecular weight is 487 g/mol. The van der Waals surface area contributed by atoms with Crippen LogP contribution in [0.15, 0.2) is 60.7 Å². The lowest BCUT2D eigenvalue weighted by atomic mass is 10.0. The summed E-state index contributed by atoms with van der Waals surface area (Å²) >= 11 is 17.2. The van der Waals surface area contributed by atoms with Gasteiger partial charge in [-0.2, -0.15) is 0 Å². The number of benzene rings is 2. The van der Waals surface area contributed by atoms with Crippen LogP contribution in [-0.2, 0) is 25.6 Å². The maximum atomic E-state index is 12.5. The van der Waals surface area contributed by atoms with Crippen molar-refractivity contribution in [3.8, 4) is 0 Å². The van der Waals surface area contributed by atoms with Gasteiger partial charge in [0.25, 0.3) is 3.79 Å². The quantitative estimate of drug-likeness (QED) is 0.260. The molecule has 0 aliphatic carbocycles. The smallest absolute Gasteiger partial charge is 0.338 e. The Balaban J connectivity index is 1.71. The Bertz CT molecular complexity index is 876. The number of nitrogens with one attached hydrogen (secondary N) is 1. The summed E-state index contributed by atoms with van der Waals surface area (Å²) in [4.78, 5) is 12.5. The molecule has 0 aromatic heterocycles. The Hall–Kier alpha value is -1.83. The second kappa shape index (κ2) is 10.7. The summed E-state index contributed by atoms with van der Waals surface area (Å²) in [6, 6.07) is 18.2. The summed E-state index contributed by atoms with van der Waals surface area (Å²) in [6.07, 6.45) is -2.51. The number of carbonyl (C=O) groups is 1. The van der Waals surface area contributed by atoms with Crippen LogP contribution in [0.4, 0.5) is 0 Å². The summed E-state index contributed by atoms with van der Waals surface area (Å²) in [6.45, 7) is 2.01. The van der Waals surface area contributed by atoms with Gasteiger partial charge in [-0.3, -0.25) is 5.41 Å². The monoisotopic (exact) mass is 485 g/mol. The molecule has 6 nitrogen and oxygen atoms in total. The Morgan fingerprint density at radius 3 is 2.26 bits per heavy atom. The van der Waals surface area contributed by atoms with E-state index in [0.717, 1.165) is 5.56 Å². The Morgan fingerprint density at radius 1 is 1.03 bits per heavy atom. The van der Waals surface area contributed by atoms with Gasteiger partial charge in [0.15, 0.2) is 0 Å². The molecule has 1 unspecified atom stereocenters. The third-order valence-electron chi connectivity index (χ3n) is 4.71. The van der Waals surface area contributed by atoms with Crippen LogP contribution in [0.2, 0.25) is 0 Å². The molecule has 1 heterocycles. The number of carbonyl (C=O) groups excluding carboxylic acids is 1. The predicted octanol–water partition coefficient (Wildman–Crippen LogP) is 5.30. The molecule has 1 fully saturated rings. The van der Waals surface area contributed by atoms with E-state index in [1.54, 1.807) is 31.2 Å². The van der Waals surface area contributed by atoms with E-state index in [0.29, 0.717) is 5.56 Å². The van der Waals surface area contributed by atoms with E-state index in [1.807, 2.05) is 36.4 Å². The summed E-state index contributed by atoms with van der Waals surface area (Å²) < 4.78 is 20.9. The highest BCUT2D eigenvalue weighted by atomic mass is 35.6. The van der Waals surface area contributed by atoms with Crippen LogP contribution >= 0.6 is 34.8 Å². The molecule has 2 aromatic rings. The fourth-order valence-corrected chi connectivity index (χ4v) is 3.19. The summed E-state index contributed by atoms with van der Waals surface area (Å²) in [5.41, 5.74) is 1.38. The molecule has 2 aromatic carbocycles. The van der Waals surface area contributed by atoms with E-state index < -0.39 is 40.3 Å². The highest BCUT2D eigenvalue weighted by Gasteiger charge is 2.42. The molecule has 1 aliphatic rings. The number of ether oxygens (including phenoxy) is 4. The fraction of sp³-hybridized carbons (Fsp3) is 0.364. The van der Waals surface area contributed by atoms with E-state index in [2.05, 4.69) is 0 Å². The van der Waals surface area contributed by atoms with Crippen LogP contribution in [0, 0.1) is 5.41 Å². The maximum Gasteiger partial charge on any atom is 0.338 e. The average Bonchev–Trinajstić information content (AvgIpc) is 2.75. The molecule has 0 saturated carbocycles. The number of rotatable bonds is 6. The standard InChI is InChI=1S/C22H22Cl3NO5/c1-14-17(30-19(27)16-10-6-3-7-11-16)12-18(28-13-15-8-4-2-5-9-15)20(29-14)31-21(26)22(23,24)25/h2-11,14,17-18,20,26H,12-13H2,1H3/t14-,17-,18-,20?/m0/s1. The van der Waals surface area contributed by atoms with Crippen LogP contribution < -0.4 is 0 Å². The first-order chi connectivity index (χ1) is 14.7. The number of halogens is 3. The predicted molar refractivity (Wildman–Crippen MR) is 119 cm³/mol. The van der Waals surface area contributed by atoms with Gasteiger partial charge in [-0.1, -0.05) is 83.3 Å². The third kappa shape index (κ3) is 6.82. The molecule has 31 heavy (non-hydrogen) atoms. The molecular formula is C22H22Cl3NO5. The lowest BCUT2D eigenvalue weighted by Crippen LogP contribution is -2.51. The first kappa shape index (κ1) is 23.8. The van der Waals surface area contributed by atoms with E-state index in [1.165, 1.54) is 0 Å². The number of hydrogen-bond donors (Lipinski definition) is 1. The van der Waals surface area contributed by atoms with Gasteiger partial charge in [0.1, 0.15) is 12.2 Å². The summed E-state index contributed by atoms with van der Waals surface area (Å²) in [5, 5.41) is 7.87. The largest absolute Gasteiger partial charge is 0.456 e. The van der Waals surface area contributed by atoms with E-state index >= 15 is 0 Å². The Kier molecular flexibility index (Phi) is 8.19. The van der Waals surface area contributed by atoms with Crippen LogP contribution in [-0.4, -0.2) is 40.3 Å². The van der Waals surface area contributed by atoms with Crippen LogP contribution in [0.25, 0.3) is 0 Å². The molecule has 0 spiro atoms. The molecule has 0 amide bonds. The lowest BCUT2D eigenvalue weighted by Gasteiger charge is -2.39. The van der Waals surface area contributed by atoms with E-state index in [-0.39, 0.29) is 13.0 Å². The van der Waals surface area contributed by atoms with Crippen molar-refractivity contribution in [3.05, 3.63) is 71.8 Å². The molecule has 4 atom stereocenters. The van der Waals surface area contributed by atoms with E-state index in [4.69, 9.17) is 59.2 Å². The zero-order chi connectivity index (χ0) is 22.4. The van der Waals surface area contributed by atoms with Gasteiger partial charge in [-0.25, -0.2) is 4.79 Å². The second-order valence-corrected chi connectivity index (χ2v) is 9.32.